The van der Waals surface area contributed by atoms with Gasteiger partial charge in [-0.15, -0.1) is 0 Å². The van der Waals surface area contributed by atoms with Crippen LogP contribution in [0, 0.1) is 11.8 Å². The third kappa shape index (κ3) is 6.80. The van der Waals surface area contributed by atoms with E-state index in [0.29, 0.717) is 6.42 Å². The summed E-state index contributed by atoms with van der Waals surface area (Å²) >= 11 is 1.06. The number of aliphatic hydroxyl groups is 1. The molecular formula is C22H29NO7S. The molecule has 1 aromatic rings. The smallest absolute Gasteiger partial charge is 0.328 e. The van der Waals surface area contributed by atoms with Crippen LogP contribution < -0.4 is 0 Å². The summed E-state index contributed by atoms with van der Waals surface area (Å²) in [6.07, 6.45) is 0.818. The number of likely N-dealkylation sites (tertiary alicyclic amines) is 1. The Hall–Kier alpha value is -2.39. The topological polar surface area (TPSA) is 110 Å². The number of amides is 1. The van der Waals surface area contributed by atoms with Crippen LogP contribution in [0.2, 0.25) is 0 Å². The number of unbranched alkanes of at least 4 members (excludes halogenated alkanes) is 1. The molecule has 1 N–H and O–H groups in total. The maximum atomic E-state index is 12.8. The van der Waals surface area contributed by atoms with E-state index in [1.54, 1.807) is 6.92 Å². The second-order valence-electron chi connectivity index (χ2n) is 7.50. The fourth-order valence-electron chi connectivity index (χ4n) is 3.43. The van der Waals surface area contributed by atoms with E-state index in [4.69, 9.17) is 9.47 Å². The van der Waals surface area contributed by atoms with E-state index < -0.39 is 48.6 Å². The van der Waals surface area contributed by atoms with Crippen LogP contribution in [0.25, 0.3) is 0 Å². The van der Waals surface area contributed by atoms with Crippen LogP contribution >= 0.6 is 11.8 Å². The molecule has 1 aliphatic rings. The SMILES string of the molecule is CCCCC(=O)OCOC(=O)CN1C(=O)C(C(C)O)[C@H]1C(C)C(=O)Sc1ccccc1. The lowest BCUT2D eigenvalue weighted by Gasteiger charge is -2.50. The highest BCUT2D eigenvalue weighted by Gasteiger charge is 2.54. The van der Waals surface area contributed by atoms with Crippen molar-refractivity contribution in [1.82, 2.24) is 4.90 Å². The summed E-state index contributed by atoms with van der Waals surface area (Å²) in [6.45, 7) is 4.21. The Morgan fingerprint density at radius 1 is 1.13 bits per heavy atom. The minimum Gasteiger partial charge on any atom is -0.428 e. The first-order chi connectivity index (χ1) is 14.8. The number of ether oxygens (including phenoxy) is 2. The van der Waals surface area contributed by atoms with Crippen molar-refractivity contribution in [2.24, 2.45) is 11.8 Å². The summed E-state index contributed by atoms with van der Waals surface area (Å²) in [7, 11) is 0. The van der Waals surface area contributed by atoms with Gasteiger partial charge in [-0.05, 0) is 25.5 Å². The molecule has 3 unspecified atom stereocenters. The van der Waals surface area contributed by atoms with Crippen molar-refractivity contribution < 1.29 is 33.8 Å². The Balaban J connectivity index is 1.94. The van der Waals surface area contributed by atoms with Gasteiger partial charge in [0.05, 0.1) is 18.1 Å². The number of thioether (sulfide) groups is 1. The zero-order valence-electron chi connectivity index (χ0n) is 18.0. The fourth-order valence-corrected chi connectivity index (χ4v) is 4.28. The molecule has 1 aliphatic heterocycles. The first-order valence-electron chi connectivity index (χ1n) is 10.3. The molecular weight excluding hydrogens is 422 g/mol. The molecule has 0 spiro atoms. The summed E-state index contributed by atoms with van der Waals surface area (Å²) in [6, 6.07) is 8.48. The maximum Gasteiger partial charge on any atom is 0.328 e. The van der Waals surface area contributed by atoms with Gasteiger partial charge in [0.1, 0.15) is 6.54 Å². The molecule has 9 heteroatoms. The monoisotopic (exact) mass is 451 g/mol. The lowest BCUT2D eigenvalue weighted by molar-refractivity contribution is -0.181. The highest BCUT2D eigenvalue weighted by atomic mass is 32.2. The van der Waals surface area contributed by atoms with Crippen LogP contribution in [0.4, 0.5) is 0 Å². The van der Waals surface area contributed by atoms with Crippen molar-refractivity contribution in [2.75, 3.05) is 13.3 Å². The van der Waals surface area contributed by atoms with E-state index in [2.05, 4.69) is 0 Å². The summed E-state index contributed by atoms with van der Waals surface area (Å²) in [5.41, 5.74) is 0. The number of hydrogen-bond donors (Lipinski definition) is 1. The summed E-state index contributed by atoms with van der Waals surface area (Å²) in [4.78, 5) is 50.9. The van der Waals surface area contributed by atoms with Gasteiger partial charge in [-0.3, -0.25) is 19.2 Å². The summed E-state index contributed by atoms with van der Waals surface area (Å²) in [5, 5.41) is 9.85. The number of benzene rings is 1. The van der Waals surface area contributed by atoms with Crippen LogP contribution in [-0.2, 0) is 28.7 Å². The van der Waals surface area contributed by atoms with Crippen LogP contribution in [0.15, 0.2) is 35.2 Å². The van der Waals surface area contributed by atoms with Gasteiger partial charge in [0.25, 0.3) is 0 Å². The molecule has 1 saturated heterocycles. The molecule has 1 fully saturated rings. The van der Waals surface area contributed by atoms with Gasteiger partial charge in [0.2, 0.25) is 12.7 Å². The van der Waals surface area contributed by atoms with Crippen molar-refractivity contribution in [3.05, 3.63) is 30.3 Å². The van der Waals surface area contributed by atoms with Crippen molar-refractivity contribution in [3.8, 4) is 0 Å². The van der Waals surface area contributed by atoms with Gasteiger partial charge in [-0.25, -0.2) is 0 Å². The van der Waals surface area contributed by atoms with E-state index in [-0.39, 0.29) is 18.1 Å². The van der Waals surface area contributed by atoms with Gasteiger partial charge in [-0.2, -0.15) is 0 Å². The van der Waals surface area contributed by atoms with E-state index in [1.165, 1.54) is 11.8 Å². The highest BCUT2D eigenvalue weighted by molar-refractivity contribution is 8.13. The Morgan fingerprint density at radius 2 is 1.77 bits per heavy atom. The Kier molecular flexibility index (Phi) is 9.51. The van der Waals surface area contributed by atoms with Gasteiger partial charge in [0, 0.05) is 17.2 Å². The lowest BCUT2D eigenvalue weighted by atomic mass is 9.77. The quantitative estimate of drug-likeness (QED) is 0.236. The second kappa shape index (κ2) is 11.9. The molecule has 0 radical (unpaired) electrons. The Bertz CT molecular complexity index is 783. The van der Waals surface area contributed by atoms with Crippen LogP contribution in [0.5, 0.6) is 0 Å². The Morgan fingerprint density at radius 3 is 2.39 bits per heavy atom. The third-order valence-electron chi connectivity index (χ3n) is 5.14. The van der Waals surface area contributed by atoms with Crippen LogP contribution in [-0.4, -0.2) is 58.5 Å². The average molecular weight is 452 g/mol. The van der Waals surface area contributed by atoms with Crippen molar-refractivity contribution in [2.45, 2.75) is 57.1 Å². The van der Waals surface area contributed by atoms with E-state index in [1.807, 2.05) is 37.3 Å². The van der Waals surface area contributed by atoms with Crippen molar-refractivity contribution in [1.29, 1.82) is 0 Å². The predicted molar refractivity (Wildman–Crippen MR) is 114 cm³/mol. The molecule has 31 heavy (non-hydrogen) atoms. The zero-order valence-corrected chi connectivity index (χ0v) is 18.8. The largest absolute Gasteiger partial charge is 0.428 e. The first kappa shape index (κ1) is 24.9. The van der Waals surface area contributed by atoms with Crippen LogP contribution in [0.1, 0.15) is 40.0 Å². The molecule has 1 aromatic carbocycles. The number of aliphatic hydroxyl groups excluding tert-OH is 1. The normalized spacial score (nSPS) is 19.9. The second-order valence-corrected chi connectivity index (χ2v) is 8.58. The number of β-lactam (4-membered cyclic amide) rings is 1. The number of nitrogens with zero attached hydrogens (tertiary/aromatic N) is 1. The van der Waals surface area contributed by atoms with Gasteiger partial charge >= 0.3 is 11.9 Å². The number of esters is 2. The molecule has 1 heterocycles. The van der Waals surface area contributed by atoms with E-state index >= 15 is 0 Å². The number of rotatable bonds is 11. The van der Waals surface area contributed by atoms with Crippen LogP contribution in [0.3, 0.4) is 0 Å². The summed E-state index contributed by atoms with van der Waals surface area (Å²) < 4.78 is 9.73. The fraction of sp³-hybridized carbons (Fsp3) is 0.545. The summed E-state index contributed by atoms with van der Waals surface area (Å²) in [5.74, 6) is -3.00. The minimum atomic E-state index is -0.957. The van der Waals surface area contributed by atoms with Gasteiger partial charge in [0.15, 0.2) is 5.12 Å². The van der Waals surface area contributed by atoms with Gasteiger partial charge in [-0.1, -0.05) is 50.2 Å². The average Bonchev–Trinajstić information content (AvgIpc) is 2.73. The molecule has 0 aliphatic carbocycles. The molecule has 0 bridgehead atoms. The number of carbonyl (C=O) groups excluding carboxylic acids is 4. The molecule has 8 nitrogen and oxygen atoms in total. The maximum absolute atomic E-state index is 12.8. The Labute approximate surface area is 186 Å². The predicted octanol–water partition coefficient (Wildman–Crippen LogP) is 2.38. The third-order valence-corrected chi connectivity index (χ3v) is 6.22. The molecule has 0 aromatic heterocycles. The molecule has 1 amide bonds. The number of carbonyl (C=O) groups is 4. The van der Waals surface area contributed by atoms with Crippen molar-refractivity contribution in [3.63, 3.8) is 0 Å². The molecule has 0 saturated carbocycles. The van der Waals surface area contributed by atoms with E-state index in [9.17, 15) is 24.3 Å². The van der Waals surface area contributed by atoms with Crippen molar-refractivity contribution >= 4 is 34.7 Å². The molecule has 2 rings (SSSR count). The van der Waals surface area contributed by atoms with E-state index in [0.717, 1.165) is 23.1 Å². The first-order valence-corrected chi connectivity index (χ1v) is 11.1. The molecule has 4 atom stereocenters. The lowest BCUT2D eigenvalue weighted by Crippen LogP contribution is -2.68. The zero-order chi connectivity index (χ0) is 23.0. The van der Waals surface area contributed by atoms with Gasteiger partial charge < -0.3 is 19.5 Å². The minimum absolute atomic E-state index is 0.169. The standard InChI is InChI=1S/C22H29NO7S/c1-4-5-11-17(25)29-13-30-18(26)12-23-20(19(15(3)24)21(23)27)14(2)22(28)31-16-9-7-6-8-10-16/h6-10,14-15,19-20,24H,4-5,11-13H2,1-3H3/t14?,15?,19?,20-/m1/s1. The number of hydrogen-bond acceptors (Lipinski definition) is 8. The highest BCUT2D eigenvalue weighted by Crippen LogP contribution is 2.37. The molecule has 170 valence electrons.